The molecule has 0 fully saturated rings. The molecule has 0 aromatic rings. The van der Waals surface area contributed by atoms with E-state index < -0.39 is 97.5 Å². The Morgan fingerprint density at radius 1 is 0.271 bits per heavy atom. The van der Waals surface area contributed by atoms with Crippen molar-refractivity contribution in [2.45, 2.75) is 484 Å². The number of hydrogen-bond donors (Lipinski definition) is 3. The number of hydrogen-bond acceptors (Lipinski definition) is 15. The van der Waals surface area contributed by atoms with Gasteiger partial charge in [-0.2, -0.15) is 0 Å². The number of unbranched alkanes of at least 4 members (excludes halogenated alkanes) is 53. The van der Waals surface area contributed by atoms with Crippen LogP contribution in [0.2, 0.25) is 0 Å². The first-order valence-corrected chi connectivity index (χ1v) is 48.4. The minimum atomic E-state index is -4.97. The van der Waals surface area contributed by atoms with Crippen molar-refractivity contribution in [1.82, 2.24) is 0 Å². The molecule has 107 heavy (non-hydrogen) atoms. The normalized spacial score (nSPS) is 14.1. The van der Waals surface area contributed by atoms with Crippen molar-refractivity contribution in [2.75, 3.05) is 39.6 Å². The summed E-state index contributed by atoms with van der Waals surface area (Å²) in [6.45, 7) is 12.1. The number of phosphoric acid groups is 2. The predicted octanol–water partition coefficient (Wildman–Crippen LogP) is 26.9. The summed E-state index contributed by atoms with van der Waals surface area (Å²) in [5.41, 5.74) is 0. The average molecular weight is 1560 g/mol. The van der Waals surface area contributed by atoms with Crippen LogP contribution < -0.4 is 0 Å². The third-order valence-corrected chi connectivity index (χ3v) is 22.9. The van der Waals surface area contributed by atoms with E-state index in [1.807, 2.05) is 0 Å². The second-order valence-electron chi connectivity index (χ2n) is 32.8. The Hall–Kier alpha value is -1.94. The molecular formula is C88H172O17P2. The van der Waals surface area contributed by atoms with Crippen molar-refractivity contribution in [1.29, 1.82) is 0 Å². The zero-order chi connectivity index (χ0) is 78.6. The van der Waals surface area contributed by atoms with Gasteiger partial charge in [0.2, 0.25) is 0 Å². The third-order valence-electron chi connectivity index (χ3n) is 21.0. The van der Waals surface area contributed by atoms with Crippen LogP contribution in [0.5, 0.6) is 0 Å². The van der Waals surface area contributed by atoms with Crippen molar-refractivity contribution in [2.24, 2.45) is 17.8 Å². The Morgan fingerprint density at radius 2 is 0.477 bits per heavy atom. The molecule has 0 radical (unpaired) electrons. The second kappa shape index (κ2) is 78.0. The molecule has 3 unspecified atom stereocenters. The molecule has 0 bridgehead atoms. The van der Waals surface area contributed by atoms with Crippen molar-refractivity contribution in [3.8, 4) is 0 Å². The van der Waals surface area contributed by atoms with Gasteiger partial charge in [0.1, 0.15) is 19.3 Å². The van der Waals surface area contributed by atoms with E-state index in [9.17, 15) is 43.2 Å². The summed E-state index contributed by atoms with van der Waals surface area (Å²) < 4.78 is 69.0. The molecule has 0 rings (SSSR count). The van der Waals surface area contributed by atoms with Crippen LogP contribution in [-0.4, -0.2) is 96.7 Å². The van der Waals surface area contributed by atoms with Crippen LogP contribution in [0.15, 0.2) is 0 Å². The molecule has 0 aromatic heterocycles. The van der Waals surface area contributed by atoms with E-state index in [1.165, 1.54) is 276 Å². The minimum absolute atomic E-state index is 0.108. The number of phosphoric ester groups is 2. The van der Waals surface area contributed by atoms with Crippen molar-refractivity contribution in [3.05, 3.63) is 0 Å². The lowest BCUT2D eigenvalue weighted by Crippen LogP contribution is -2.30. The van der Waals surface area contributed by atoms with Gasteiger partial charge >= 0.3 is 39.5 Å². The SMILES string of the molecule is CCCCCCCCCCCCCCCC(=O)OC[C@H](COP(=O)(O)OC[C@H](O)COP(=O)(O)OC[C@@H](COC(=O)CCCCCCCCCCCCCCCC(C)C)OC(=O)CCCCCCCCCCCCCCCCCCCCC(C)CC)OC(=O)CCCCCCCCCCCCCCCC(C)C. The molecule has 0 aliphatic heterocycles. The van der Waals surface area contributed by atoms with E-state index in [1.54, 1.807) is 0 Å². The Kier molecular flexibility index (Phi) is 76.6. The van der Waals surface area contributed by atoms with Crippen LogP contribution in [-0.2, 0) is 65.4 Å². The molecule has 0 aliphatic rings. The lowest BCUT2D eigenvalue weighted by molar-refractivity contribution is -0.161. The summed E-state index contributed by atoms with van der Waals surface area (Å²) in [6, 6.07) is 0. The molecule has 19 heteroatoms. The maximum Gasteiger partial charge on any atom is 0.472 e. The number of rotatable bonds is 86. The predicted molar refractivity (Wildman–Crippen MR) is 441 cm³/mol. The van der Waals surface area contributed by atoms with Crippen molar-refractivity contribution in [3.63, 3.8) is 0 Å². The quantitative estimate of drug-likeness (QED) is 0.0222. The highest BCUT2D eigenvalue weighted by molar-refractivity contribution is 7.47. The number of aliphatic hydroxyl groups is 1. The van der Waals surface area contributed by atoms with Gasteiger partial charge in [-0.05, 0) is 43.4 Å². The first-order valence-electron chi connectivity index (χ1n) is 45.4. The summed E-state index contributed by atoms with van der Waals surface area (Å²) in [5.74, 6) is 0.349. The van der Waals surface area contributed by atoms with Crippen molar-refractivity contribution < 1.29 is 80.2 Å². The number of ether oxygens (including phenoxy) is 4. The first-order chi connectivity index (χ1) is 51.8. The standard InChI is InChI=1S/C88H172O17P2/c1-8-10-11-12-13-14-15-24-34-41-48-55-62-69-85(90)98-75-83(105-88(93)72-65-58-51-44-37-30-23-26-32-39-46-53-60-67-80(5)6)77-102-106(94,95)100-73-82(89)74-101-107(96,97)103-78-84(76-99-86(91)70-63-56-49-42-35-29-22-25-31-38-45-52-59-66-79(3)4)104-87(92)71-64-57-50-43-36-28-21-19-17-16-18-20-27-33-40-47-54-61-68-81(7)9-2/h79-84,89H,8-78H2,1-7H3,(H,94,95)(H,96,97)/t81?,82-,83+,84+/m0/s1. The molecule has 6 atom stereocenters. The van der Waals surface area contributed by atoms with Crippen LogP contribution >= 0.6 is 15.6 Å². The summed E-state index contributed by atoms with van der Waals surface area (Å²) in [5, 5.41) is 10.7. The van der Waals surface area contributed by atoms with Gasteiger partial charge in [-0.25, -0.2) is 9.13 Å². The number of carbonyl (C=O) groups is 4. The maximum absolute atomic E-state index is 13.2. The molecule has 0 aliphatic carbocycles. The maximum atomic E-state index is 13.2. The van der Waals surface area contributed by atoms with Crippen LogP contribution in [0.1, 0.15) is 466 Å². The molecular weight excluding hydrogens is 1390 g/mol. The van der Waals surface area contributed by atoms with Crippen LogP contribution in [0.3, 0.4) is 0 Å². The first kappa shape index (κ1) is 105. The smallest absolute Gasteiger partial charge is 0.462 e. The number of esters is 4. The fourth-order valence-electron chi connectivity index (χ4n) is 13.7. The lowest BCUT2D eigenvalue weighted by Gasteiger charge is -2.21. The van der Waals surface area contributed by atoms with E-state index in [2.05, 4.69) is 48.5 Å². The van der Waals surface area contributed by atoms with E-state index in [0.29, 0.717) is 25.7 Å². The zero-order valence-corrected chi connectivity index (χ0v) is 72.4. The fourth-order valence-corrected chi connectivity index (χ4v) is 15.3. The lowest BCUT2D eigenvalue weighted by atomic mass is 9.99. The van der Waals surface area contributed by atoms with E-state index in [0.717, 1.165) is 108 Å². The molecule has 636 valence electrons. The Labute approximate surface area is 658 Å². The van der Waals surface area contributed by atoms with E-state index >= 15 is 0 Å². The summed E-state index contributed by atoms with van der Waals surface area (Å²) in [4.78, 5) is 73.3. The Balaban J connectivity index is 5.25. The highest BCUT2D eigenvalue weighted by Crippen LogP contribution is 2.45. The Morgan fingerprint density at radius 3 is 0.710 bits per heavy atom. The van der Waals surface area contributed by atoms with E-state index in [4.69, 9.17) is 37.0 Å². The molecule has 17 nitrogen and oxygen atoms in total. The van der Waals surface area contributed by atoms with Gasteiger partial charge in [0, 0.05) is 25.7 Å². The number of carbonyl (C=O) groups excluding carboxylic acids is 4. The summed E-state index contributed by atoms with van der Waals surface area (Å²) in [6.07, 6.45) is 69.3. The minimum Gasteiger partial charge on any atom is -0.462 e. The van der Waals surface area contributed by atoms with Gasteiger partial charge in [-0.15, -0.1) is 0 Å². The van der Waals surface area contributed by atoms with Gasteiger partial charge in [-0.3, -0.25) is 37.3 Å². The highest BCUT2D eigenvalue weighted by Gasteiger charge is 2.31. The molecule has 0 saturated heterocycles. The van der Waals surface area contributed by atoms with Gasteiger partial charge < -0.3 is 33.8 Å². The number of aliphatic hydroxyl groups excluding tert-OH is 1. The van der Waals surface area contributed by atoms with Crippen LogP contribution in [0, 0.1) is 17.8 Å². The molecule has 0 spiro atoms. The second-order valence-corrected chi connectivity index (χ2v) is 35.7. The van der Waals surface area contributed by atoms with Gasteiger partial charge in [-0.1, -0.05) is 414 Å². The van der Waals surface area contributed by atoms with Crippen LogP contribution in [0.4, 0.5) is 0 Å². The molecule has 0 saturated carbocycles. The fraction of sp³-hybridized carbons (Fsp3) is 0.955. The van der Waals surface area contributed by atoms with Crippen LogP contribution in [0.25, 0.3) is 0 Å². The van der Waals surface area contributed by atoms with Gasteiger partial charge in [0.05, 0.1) is 26.4 Å². The molecule has 0 heterocycles. The largest absolute Gasteiger partial charge is 0.472 e. The molecule has 0 amide bonds. The molecule has 3 N–H and O–H groups in total. The highest BCUT2D eigenvalue weighted by atomic mass is 31.2. The van der Waals surface area contributed by atoms with E-state index in [-0.39, 0.29) is 25.7 Å². The molecule has 0 aromatic carbocycles. The van der Waals surface area contributed by atoms with Crippen molar-refractivity contribution >= 4 is 39.5 Å². The summed E-state index contributed by atoms with van der Waals surface area (Å²) in [7, 11) is -9.93. The summed E-state index contributed by atoms with van der Waals surface area (Å²) >= 11 is 0. The Bertz CT molecular complexity index is 2060. The third kappa shape index (κ3) is 80.5. The monoisotopic (exact) mass is 1560 g/mol. The topological polar surface area (TPSA) is 237 Å². The van der Waals surface area contributed by atoms with Gasteiger partial charge in [0.25, 0.3) is 0 Å². The average Bonchev–Trinajstić information content (AvgIpc) is 0.902. The van der Waals surface area contributed by atoms with Gasteiger partial charge in [0.15, 0.2) is 12.2 Å². The zero-order valence-electron chi connectivity index (χ0n) is 70.6.